The predicted molar refractivity (Wildman–Crippen MR) is 111 cm³/mol. The fraction of sp³-hybridized carbons (Fsp3) is 0.238. The molecule has 2 aromatic carbocycles. The van der Waals surface area contributed by atoms with Crippen molar-refractivity contribution in [2.45, 2.75) is 24.8 Å². The number of rotatable bonds is 9. The summed E-state index contributed by atoms with van der Waals surface area (Å²) in [5.74, 6) is 1.36. The van der Waals surface area contributed by atoms with Crippen molar-refractivity contribution in [1.29, 1.82) is 0 Å². The molecule has 0 saturated carbocycles. The molecule has 36 heavy (non-hydrogen) atoms. The van der Waals surface area contributed by atoms with Crippen LogP contribution in [0, 0.1) is 0 Å². The van der Waals surface area contributed by atoms with Crippen molar-refractivity contribution >= 4 is 29.8 Å². The van der Waals surface area contributed by atoms with E-state index in [1.165, 1.54) is 24.3 Å². The number of halogens is 6. The van der Waals surface area contributed by atoms with Crippen LogP contribution in [0.4, 0.5) is 32.0 Å². The summed E-state index contributed by atoms with van der Waals surface area (Å²) in [5, 5.41) is 15.3. The summed E-state index contributed by atoms with van der Waals surface area (Å²) in [6.45, 7) is -0.772. The monoisotopic (exact) mass is 518 g/mol. The van der Waals surface area contributed by atoms with E-state index < -0.39 is 65.8 Å². The molecule has 0 fully saturated rings. The molecule has 194 valence electrons. The van der Waals surface area contributed by atoms with Gasteiger partial charge in [0.05, 0.1) is 29.4 Å². The fourth-order valence-electron chi connectivity index (χ4n) is 2.95. The van der Waals surface area contributed by atoms with E-state index in [-0.39, 0.29) is 11.6 Å². The molecule has 0 bridgehead atoms. The number of carboxylic acids is 1. The van der Waals surface area contributed by atoms with Crippen LogP contribution < -0.4 is 27.0 Å². The zero-order valence-corrected chi connectivity index (χ0v) is 18.0. The quantitative estimate of drug-likeness (QED) is 0.130. The number of nitrogens with zero attached hydrogens (tertiary/aromatic N) is 1. The smallest absolute Gasteiger partial charge is 0.416 e. The second-order valence-electron chi connectivity index (χ2n) is 7.19. The number of carboxylic acid groups (broad SMARTS) is 1. The molecule has 0 aliphatic rings. The first-order chi connectivity index (χ1) is 16.7. The van der Waals surface area contributed by atoms with Gasteiger partial charge in [-0.15, -0.1) is 0 Å². The Kier molecular flexibility index (Phi) is 9.00. The van der Waals surface area contributed by atoms with E-state index in [4.69, 9.17) is 5.84 Å². The number of amides is 2. The second-order valence-corrected chi connectivity index (χ2v) is 7.19. The molecule has 0 aliphatic heterocycles. The summed E-state index contributed by atoms with van der Waals surface area (Å²) >= 11 is 0. The van der Waals surface area contributed by atoms with Crippen LogP contribution in [0.1, 0.15) is 39.5 Å². The second kappa shape index (κ2) is 11.5. The van der Waals surface area contributed by atoms with E-state index in [2.05, 4.69) is 15.7 Å². The van der Waals surface area contributed by atoms with Crippen LogP contribution in [0.2, 0.25) is 0 Å². The van der Waals surface area contributed by atoms with Crippen molar-refractivity contribution < 1.29 is 45.8 Å². The van der Waals surface area contributed by atoms with Gasteiger partial charge in [-0.25, -0.2) is 10.8 Å². The molecule has 0 aliphatic carbocycles. The highest BCUT2D eigenvalue weighted by Crippen LogP contribution is 2.37. The summed E-state index contributed by atoms with van der Waals surface area (Å²) in [7, 11) is 0. The van der Waals surface area contributed by atoms with Gasteiger partial charge in [0.25, 0.3) is 5.91 Å². The molecule has 2 amide bonds. The lowest BCUT2D eigenvalue weighted by molar-refractivity contribution is -0.306. The first-order valence-corrected chi connectivity index (χ1v) is 9.86. The topological polar surface area (TPSA) is 149 Å². The fourth-order valence-corrected chi connectivity index (χ4v) is 2.95. The number of aliphatic carboxylic acids is 1. The minimum atomic E-state index is -5.18. The maximum atomic E-state index is 13.1. The number of nitrogens with two attached hydrogens (primary N) is 1. The molecule has 5 N–H and O–H groups in total. The zero-order chi connectivity index (χ0) is 27.1. The Morgan fingerprint density at radius 2 is 1.61 bits per heavy atom. The van der Waals surface area contributed by atoms with Gasteiger partial charge in [-0.1, -0.05) is 6.07 Å². The van der Waals surface area contributed by atoms with Crippen molar-refractivity contribution in [3.63, 3.8) is 0 Å². The lowest BCUT2D eigenvalue weighted by Gasteiger charge is -2.22. The highest BCUT2D eigenvalue weighted by molar-refractivity contribution is 5.97. The molecule has 0 saturated heterocycles. The van der Waals surface area contributed by atoms with E-state index >= 15 is 0 Å². The molecule has 0 heterocycles. The van der Waals surface area contributed by atoms with Crippen molar-refractivity contribution in [2.75, 3.05) is 6.54 Å². The molecule has 2 aromatic rings. The van der Waals surface area contributed by atoms with Crippen LogP contribution in [-0.4, -0.2) is 30.7 Å². The molecule has 1 unspecified atom stereocenters. The summed E-state index contributed by atoms with van der Waals surface area (Å²) in [5.41, 5.74) is -1.60. The zero-order valence-electron chi connectivity index (χ0n) is 18.0. The number of benzene rings is 2. The largest absolute Gasteiger partial charge is 0.550 e. The van der Waals surface area contributed by atoms with Crippen molar-refractivity contribution in [1.82, 2.24) is 16.1 Å². The summed E-state index contributed by atoms with van der Waals surface area (Å²) in [6, 6.07) is 4.36. The summed E-state index contributed by atoms with van der Waals surface area (Å²) in [6.07, 6.45) is -10.4. The SMILES string of the molecule is NNC=Nc1cccc(C(=O)NCC(=O)NC(CC(=O)[O-])c2cc(C(F)(F)F)cc(C(F)(F)F)c2)c1. The third-order valence-corrected chi connectivity index (χ3v) is 4.52. The first-order valence-electron chi connectivity index (χ1n) is 9.86. The average molecular weight is 518 g/mol. The van der Waals surface area contributed by atoms with Crippen LogP contribution in [0.5, 0.6) is 0 Å². The standard InChI is InChI=1S/C21H19F6N5O4/c22-20(23,24)13-4-12(5-14(7-13)21(25,26)27)16(8-18(34)35)32-17(33)9-29-19(36)11-2-1-3-15(6-11)30-10-31-28/h1-7,10,16H,8-9,28H2,(H,29,36)(H,30,31)(H,32,33)(H,34,35)/p-1. The maximum Gasteiger partial charge on any atom is 0.416 e. The lowest BCUT2D eigenvalue weighted by atomic mass is 9.97. The van der Waals surface area contributed by atoms with Gasteiger partial charge in [-0.2, -0.15) is 26.3 Å². The van der Waals surface area contributed by atoms with Crippen molar-refractivity contribution in [3.05, 3.63) is 64.7 Å². The molecule has 0 radical (unpaired) electrons. The molecule has 2 rings (SSSR count). The van der Waals surface area contributed by atoms with E-state index in [0.29, 0.717) is 17.8 Å². The van der Waals surface area contributed by atoms with Gasteiger partial charge in [-0.05, 0) is 42.0 Å². The average Bonchev–Trinajstić information content (AvgIpc) is 2.79. The van der Waals surface area contributed by atoms with Gasteiger partial charge < -0.3 is 26.0 Å². The van der Waals surface area contributed by atoms with Gasteiger partial charge in [0.2, 0.25) is 5.91 Å². The highest BCUT2D eigenvalue weighted by Gasteiger charge is 2.37. The first kappa shape index (κ1) is 28.1. The Balaban J connectivity index is 2.22. The molecule has 0 spiro atoms. The van der Waals surface area contributed by atoms with E-state index in [9.17, 15) is 45.8 Å². The van der Waals surface area contributed by atoms with Gasteiger partial charge >= 0.3 is 12.4 Å². The number of hydrogen-bond donors (Lipinski definition) is 4. The van der Waals surface area contributed by atoms with Crippen molar-refractivity contribution in [3.8, 4) is 0 Å². The van der Waals surface area contributed by atoms with Crippen LogP contribution in [0.25, 0.3) is 0 Å². The molecule has 15 heteroatoms. The van der Waals surface area contributed by atoms with E-state index in [1.54, 1.807) is 0 Å². The van der Waals surface area contributed by atoms with E-state index in [1.807, 2.05) is 5.32 Å². The number of carbonyl (C=O) groups is 3. The lowest BCUT2D eigenvalue weighted by Crippen LogP contribution is -2.40. The van der Waals surface area contributed by atoms with Crippen LogP contribution in [0.15, 0.2) is 47.5 Å². The van der Waals surface area contributed by atoms with E-state index in [0.717, 1.165) is 6.34 Å². The number of hydrazine groups is 1. The molecule has 1 atom stereocenters. The Morgan fingerprint density at radius 1 is 1.00 bits per heavy atom. The number of nitrogens with one attached hydrogen (secondary N) is 3. The van der Waals surface area contributed by atoms with Crippen LogP contribution in [-0.2, 0) is 21.9 Å². The Morgan fingerprint density at radius 3 is 2.14 bits per heavy atom. The number of aliphatic imine (C=N–C) groups is 1. The maximum absolute atomic E-state index is 13.1. The van der Waals surface area contributed by atoms with Crippen LogP contribution in [0.3, 0.4) is 0 Å². The molecular formula is C21H18F6N5O4-. The van der Waals surface area contributed by atoms with Gasteiger partial charge in [0.15, 0.2) is 0 Å². The molecule has 0 aromatic heterocycles. The predicted octanol–water partition coefficient (Wildman–Crippen LogP) is 1.57. The van der Waals surface area contributed by atoms with Crippen LogP contribution >= 0.6 is 0 Å². The molecular weight excluding hydrogens is 500 g/mol. The third kappa shape index (κ3) is 8.26. The normalized spacial score (nSPS) is 12.8. The number of carbonyl (C=O) groups excluding carboxylic acids is 3. The molecule has 9 nitrogen and oxygen atoms in total. The van der Waals surface area contributed by atoms with Crippen molar-refractivity contribution in [2.24, 2.45) is 10.8 Å². The minimum Gasteiger partial charge on any atom is -0.550 e. The minimum absolute atomic E-state index is 0.0634. The summed E-state index contributed by atoms with van der Waals surface area (Å²) in [4.78, 5) is 39.5. The van der Waals surface area contributed by atoms with Gasteiger partial charge in [-0.3, -0.25) is 9.59 Å². The highest BCUT2D eigenvalue weighted by atomic mass is 19.4. The van der Waals surface area contributed by atoms with Gasteiger partial charge in [0.1, 0.15) is 6.34 Å². The third-order valence-electron chi connectivity index (χ3n) is 4.52. The number of alkyl halides is 6. The van der Waals surface area contributed by atoms with Gasteiger partial charge in [0, 0.05) is 18.0 Å². The Bertz CT molecular complexity index is 1120. The Hall–Kier alpha value is -4.14. The Labute approximate surface area is 199 Å². The number of hydrogen-bond acceptors (Lipinski definition) is 6. The summed E-state index contributed by atoms with van der Waals surface area (Å²) < 4.78 is 78.9.